The quantitative estimate of drug-likeness (QED) is 0.530. The lowest BCUT2D eigenvalue weighted by molar-refractivity contribution is 0.102. The molecular weight excluding hydrogens is 285 g/mol. The third-order valence-electron chi connectivity index (χ3n) is 3.18. The van der Waals surface area contributed by atoms with Crippen molar-refractivity contribution in [2.24, 2.45) is 0 Å². The second-order valence-electron chi connectivity index (χ2n) is 4.54. The van der Waals surface area contributed by atoms with E-state index in [1.165, 1.54) is 17.8 Å². The minimum Gasteiger partial charge on any atom is -0.293 e. The number of aromatic nitrogens is 1. The summed E-state index contributed by atoms with van der Waals surface area (Å²) >= 11 is 1.21. The van der Waals surface area contributed by atoms with E-state index in [0.29, 0.717) is 10.5 Å². The Bertz CT molecular complexity index is 798. The molecule has 0 bridgehead atoms. The Morgan fingerprint density at radius 1 is 1.10 bits per heavy atom. The lowest BCUT2D eigenvalue weighted by Gasteiger charge is -2.06. The van der Waals surface area contributed by atoms with Gasteiger partial charge in [0.25, 0.3) is 0 Å². The first-order valence-corrected chi connectivity index (χ1v) is 7.47. The summed E-state index contributed by atoms with van der Waals surface area (Å²) in [5.74, 6) is -0.119. The highest BCUT2D eigenvalue weighted by atomic mass is 32.2. The van der Waals surface area contributed by atoms with E-state index in [9.17, 15) is 9.18 Å². The van der Waals surface area contributed by atoms with Crippen molar-refractivity contribution in [1.29, 1.82) is 0 Å². The van der Waals surface area contributed by atoms with Gasteiger partial charge in [-0.25, -0.2) is 4.39 Å². The lowest BCUT2D eigenvalue weighted by atomic mass is 10.0. The smallest absolute Gasteiger partial charge is 0.173 e. The summed E-state index contributed by atoms with van der Waals surface area (Å²) in [5, 5.41) is 1.81. The fourth-order valence-corrected chi connectivity index (χ4v) is 2.96. The number of Topliss-reactive ketones (excluding diaryl/α,β-unsaturated/α-hetero) is 1. The first-order valence-electron chi connectivity index (χ1n) is 6.49. The Morgan fingerprint density at radius 2 is 1.95 bits per heavy atom. The summed E-state index contributed by atoms with van der Waals surface area (Å²) < 4.78 is 13.6. The van der Waals surface area contributed by atoms with Gasteiger partial charge in [-0.05, 0) is 23.6 Å². The standard InChI is InChI=1S/C17H12FNOS/c18-15-6-1-2-7-17(15)21-11-16(20)13-5-3-4-12-8-9-19-10-14(12)13/h1-10H,11H2. The van der Waals surface area contributed by atoms with Crippen LogP contribution in [0.4, 0.5) is 4.39 Å². The molecule has 0 aliphatic carbocycles. The van der Waals surface area contributed by atoms with Crippen molar-refractivity contribution in [3.63, 3.8) is 0 Å². The maximum Gasteiger partial charge on any atom is 0.173 e. The van der Waals surface area contributed by atoms with E-state index in [1.54, 1.807) is 36.7 Å². The number of ketones is 1. The normalized spacial score (nSPS) is 10.7. The minimum atomic E-state index is -0.296. The van der Waals surface area contributed by atoms with Crippen LogP contribution in [0.15, 0.2) is 65.8 Å². The topological polar surface area (TPSA) is 30.0 Å². The molecule has 0 radical (unpaired) electrons. The third kappa shape index (κ3) is 2.95. The van der Waals surface area contributed by atoms with Crippen LogP contribution in [0.25, 0.3) is 10.8 Å². The van der Waals surface area contributed by atoms with Gasteiger partial charge in [-0.15, -0.1) is 11.8 Å². The molecule has 1 aromatic heterocycles. The molecule has 0 N–H and O–H groups in total. The van der Waals surface area contributed by atoms with E-state index in [-0.39, 0.29) is 17.4 Å². The van der Waals surface area contributed by atoms with Crippen LogP contribution in [0.1, 0.15) is 10.4 Å². The van der Waals surface area contributed by atoms with Crippen LogP contribution >= 0.6 is 11.8 Å². The average Bonchev–Trinajstić information content (AvgIpc) is 2.53. The van der Waals surface area contributed by atoms with Gasteiger partial charge < -0.3 is 0 Å². The number of thioether (sulfide) groups is 1. The Morgan fingerprint density at radius 3 is 2.81 bits per heavy atom. The molecule has 4 heteroatoms. The van der Waals surface area contributed by atoms with Crippen LogP contribution in [0.5, 0.6) is 0 Å². The van der Waals surface area contributed by atoms with Gasteiger partial charge in [0, 0.05) is 28.2 Å². The van der Waals surface area contributed by atoms with Gasteiger partial charge in [-0.3, -0.25) is 9.78 Å². The number of hydrogen-bond donors (Lipinski definition) is 0. The highest BCUT2D eigenvalue weighted by Crippen LogP contribution is 2.24. The molecule has 3 aromatic rings. The van der Waals surface area contributed by atoms with Crippen LogP contribution < -0.4 is 0 Å². The Labute approximate surface area is 126 Å². The fraction of sp³-hybridized carbons (Fsp3) is 0.0588. The Balaban J connectivity index is 1.83. The molecule has 0 spiro atoms. The molecule has 0 amide bonds. The zero-order chi connectivity index (χ0) is 14.7. The molecule has 0 saturated carbocycles. The van der Waals surface area contributed by atoms with Gasteiger partial charge in [0.1, 0.15) is 5.82 Å². The van der Waals surface area contributed by atoms with Crippen molar-refractivity contribution >= 4 is 28.3 Å². The highest BCUT2D eigenvalue weighted by molar-refractivity contribution is 8.00. The molecule has 0 aliphatic heterocycles. The van der Waals surface area contributed by atoms with Crippen LogP contribution in [0.2, 0.25) is 0 Å². The van der Waals surface area contributed by atoms with E-state index in [2.05, 4.69) is 4.98 Å². The SMILES string of the molecule is O=C(CSc1ccccc1F)c1cccc2ccncc12. The molecule has 21 heavy (non-hydrogen) atoms. The lowest BCUT2D eigenvalue weighted by Crippen LogP contribution is -2.03. The summed E-state index contributed by atoms with van der Waals surface area (Å²) in [6.07, 6.45) is 3.39. The third-order valence-corrected chi connectivity index (χ3v) is 4.23. The molecule has 0 unspecified atom stereocenters. The van der Waals surface area contributed by atoms with Crippen molar-refractivity contribution in [3.05, 3.63) is 72.3 Å². The zero-order valence-electron chi connectivity index (χ0n) is 11.1. The summed E-state index contributed by atoms with van der Waals surface area (Å²) in [5.41, 5.74) is 0.629. The van der Waals surface area contributed by atoms with E-state index >= 15 is 0 Å². The van der Waals surface area contributed by atoms with Gasteiger partial charge in [0.05, 0.1) is 5.75 Å². The minimum absolute atomic E-state index is 0.0261. The van der Waals surface area contributed by atoms with Crippen molar-refractivity contribution < 1.29 is 9.18 Å². The number of pyridine rings is 1. The molecule has 0 fully saturated rings. The number of hydrogen-bond acceptors (Lipinski definition) is 3. The highest BCUT2D eigenvalue weighted by Gasteiger charge is 2.11. The predicted molar refractivity (Wildman–Crippen MR) is 83.2 cm³/mol. The Hall–Kier alpha value is -2.20. The van der Waals surface area contributed by atoms with E-state index in [0.717, 1.165) is 10.8 Å². The van der Waals surface area contributed by atoms with E-state index in [1.807, 2.05) is 18.2 Å². The number of fused-ring (bicyclic) bond motifs is 1. The molecular formula is C17H12FNOS. The molecule has 0 aliphatic rings. The second-order valence-corrected chi connectivity index (χ2v) is 5.56. The van der Waals surface area contributed by atoms with Gasteiger partial charge >= 0.3 is 0 Å². The number of benzene rings is 2. The molecule has 1 heterocycles. The Kier molecular flexibility index (Phi) is 3.97. The van der Waals surface area contributed by atoms with Crippen molar-refractivity contribution in [1.82, 2.24) is 4.98 Å². The molecule has 2 nitrogen and oxygen atoms in total. The zero-order valence-corrected chi connectivity index (χ0v) is 11.9. The second kappa shape index (κ2) is 6.06. The van der Waals surface area contributed by atoms with Crippen molar-refractivity contribution in [2.75, 3.05) is 5.75 Å². The van der Waals surface area contributed by atoms with Gasteiger partial charge in [-0.2, -0.15) is 0 Å². The summed E-state index contributed by atoms with van der Waals surface area (Å²) in [4.78, 5) is 16.9. The molecule has 2 aromatic carbocycles. The van der Waals surface area contributed by atoms with E-state index < -0.39 is 0 Å². The summed E-state index contributed by atoms with van der Waals surface area (Å²) in [6.45, 7) is 0. The number of nitrogens with zero attached hydrogens (tertiary/aromatic N) is 1. The molecule has 104 valence electrons. The van der Waals surface area contributed by atoms with Crippen LogP contribution in [-0.4, -0.2) is 16.5 Å². The summed E-state index contributed by atoms with van der Waals surface area (Å²) in [7, 11) is 0. The largest absolute Gasteiger partial charge is 0.293 e. The molecule has 0 atom stereocenters. The number of carbonyl (C=O) groups is 1. The predicted octanol–water partition coefficient (Wildman–Crippen LogP) is 4.35. The van der Waals surface area contributed by atoms with Crippen LogP contribution in [-0.2, 0) is 0 Å². The first kappa shape index (κ1) is 13.8. The number of halogens is 1. The summed E-state index contributed by atoms with van der Waals surface area (Å²) in [6, 6.07) is 13.9. The van der Waals surface area contributed by atoms with Gasteiger partial charge in [0.2, 0.25) is 0 Å². The van der Waals surface area contributed by atoms with E-state index in [4.69, 9.17) is 0 Å². The average molecular weight is 297 g/mol. The van der Waals surface area contributed by atoms with Crippen molar-refractivity contribution in [3.8, 4) is 0 Å². The molecule has 0 saturated heterocycles. The molecule has 3 rings (SSSR count). The van der Waals surface area contributed by atoms with Crippen LogP contribution in [0, 0.1) is 5.82 Å². The van der Waals surface area contributed by atoms with Crippen molar-refractivity contribution in [2.45, 2.75) is 4.90 Å². The van der Waals surface area contributed by atoms with Crippen LogP contribution in [0.3, 0.4) is 0 Å². The van der Waals surface area contributed by atoms with Gasteiger partial charge in [0.15, 0.2) is 5.78 Å². The number of rotatable bonds is 4. The van der Waals surface area contributed by atoms with Gasteiger partial charge in [-0.1, -0.05) is 30.3 Å². The number of carbonyl (C=O) groups excluding carboxylic acids is 1. The monoisotopic (exact) mass is 297 g/mol. The maximum atomic E-state index is 13.6. The first-order chi connectivity index (χ1) is 10.3. The maximum absolute atomic E-state index is 13.6. The fourth-order valence-electron chi connectivity index (χ4n) is 2.14.